The summed E-state index contributed by atoms with van der Waals surface area (Å²) in [7, 11) is -7.70. The molecule has 3 rings (SSSR count). The molecule has 0 amide bonds. The van der Waals surface area contributed by atoms with E-state index in [9.17, 15) is 16.8 Å². The fourth-order valence-electron chi connectivity index (χ4n) is 4.31. The smallest absolute Gasteiger partial charge is 0.262 e. The third-order valence-electron chi connectivity index (χ3n) is 6.53. The zero-order chi connectivity index (χ0) is 25.6. The second-order valence-electron chi connectivity index (χ2n) is 8.96. The molecule has 8 heteroatoms. The van der Waals surface area contributed by atoms with Crippen molar-refractivity contribution in [3.8, 4) is 0 Å². The summed E-state index contributed by atoms with van der Waals surface area (Å²) in [4.78, 5) is 0.306. The molecule has 182 valence electrons. The number of nitrogens with one attached hydrogen (secondary N) is 2. The number of rotatable bonds is 6. The number of aryl methyl sites for hydroxylation is 3. The average molecular weight is 501 g/mol. The van der Waals surface area contributed by atoms with Gasteiger partial charge >= 0.3 is 0 Å². The Morgan fingerprint density at radius 3 is 1.47 bits per heavy atom. The molecule has 0 spiro atoms. The van der Waals surface area contributed by atoms with Crippen LogP contribution in [-0.4, -0.2) is 16.8 Å². The van der Waals surface area contributed by atoms with E-state index in [1.54, 1.807) is 13.8 Å². The number of anilines is 2. The Morgan fingerprint density at radius 2 is 1.00 bits per heavy atom. The Labute approximate surface area is 203 Å². The van der Waals surface area contributed by atoms with Crippen LogP contribution in [0, 0.1) is 55.4 Å². The Kier molecular flexibility index (Phi) is 6.88. The highest BCUT2D eigenvalue weighted by atomic mass is 32.2. The van der Waals surface area contributed by atoms with Crippen LogP contribution in [0.3, 0.4) is 0 Å². The SMILES string of the molecule is Cc1cc(C)c(NS(=O)(=O)c2ccc(NS(=O)(=O)c3c(C)c(C)c(C)c(C)c3C)cc2)c(C)c1. The van der Waals surface area contributed by atoms with Crippen molar-refractivity contribution in [2.45, 2.75) is 65.2 Å². The van der Waals surface area contributed by atoms with Gasteiger partial charge in [0.2, 0.25) is 0 Å². The standard InChI is InChI=1S/C26H32N2O4S2/c1-15-13-16(2)25(17(3)14-15)28-33(29,30)24-11-9-23(10-12-24)27-34(31,32)26-21(7)19(5)18(4)20(6)22(26)8/h9-14,27-28H,1-8H3. The lowest BCUT2D eigenvalue weighted by atomic mass is 9.95. The zero-order valence-electron chi connectivity index (χ0n) is 20.9. The van der Waals surface area contributed by atoms with Gasteiger partial charge < -0.3 is 0 Å². The highest BCUT2D eigenvalue weighted by Crippen LogP contribution is 2.31. The summed E-state index contributed by atoms with van der Waals surface area (Å²) in [6.45, 7) is 15.1. The first kappa shape index (κ1) is 25.8. The molecule has 2 N–H and O–H groups in total. The highest BCUT2D eigenvalue weighted by molar-refractivity contribution is 7.93. The number of benzene rings is 3. The molecular weight excluding hydrogens is 468 g/mol. The van der Waals surface area contributed by atoms with E-state index in [4.69, 9.17) is 0 Å². The summed E-state index contributed by atoms with van der Waals surface area (Å²) >= 11 is 0. The van der Waals surface area contributed by atoms with Gasteiger partial charge in [-0.05, 0) is 119 Å². The monoisotopic (exact) mass is 500 g/mol. The molecule has 0 saturated carbocycles. The maximum atomic E-state index is 13.2. The minimum atomic E-state index is -3.86. The molecule has 0 bridgehead atoms. The molecule has 6 nitrogen and oxygen atoms in total. The third-order valence-corrected chi connectivity index (χ3v) is 9.55. The third kappa shape index (κ3) is 4.83. The van der Waals surface area contributed by atoms with Crippen molar-refractivity contribution < 1.29 is 16.8 Å². The van der Waals surface area contributed by atoms with E-state index in [1.165, 1.54) is 24.3 Å². The van der Waals surface area contributed by atoms with Gasteiger partial charge in [0.1, 0.15) is 0 Å². The molecule has 3 aromatic rings. The van der Waals surface area contributed by atoms with Crippen LogP contribution in [0.2, 0.25) is 0 Å². The molecule has 3 aromatic carbocycles. The van der Waals surface area contributed by atoms with Crippen LogP contribution in [0.4, 0.5) is 11.4 Å². The molecule has 0 unspecified atom stereocenters. The van der Waals surface area contributed by atoms with E-state index in [2.05, 4.69) is 9.44 Å². The topological polar surface area (TPSA) is 92.3 Å². The summed E-state index contributed by atoms with van der Waals surface area (Å²) in [5, 5.41) is 0. The van der Waals surface area contributed by atoms with Crippen LogP contribution in [0.25, 0.3) is 0 Å². The van der Waals surface area contributed by atoms with Crippen molar-refractivity contribution in [1.82, 2.24) is 0 Å². The predicted molar refractivity (Wildman–Crippen MR) is 139 cm³/mol. The van der Waals surface area contributed by atoms with Crippen molar-refractivity contribution in [1.29, 1.82) is 0 Å². The van der Waals surface area contributed by atoms with E-state index >= 15 is 0 Å². The van der Waals surface area contributed by atoms with E-state index in [0.29, 0.717) is 16.8 Å². The summed E-state index contributed by atoms with van der Waals surface area (Å²) < 4.78 is 57.7. The fourth-order valence-corrected chi connectivity index (χ4v) is 7.18. The predicted octanol–water partition coefficient (Wildman–Crippen LogP) is 5.76. The van der Waals surface area contributed by atoms with Crippen molar-refractivity contribution >= 4 is 31.4 Å². The lowest BCUT2D eigenvalue weighted by molar-refractivity contribution is 0.599. The molecular formula is C26H32N2O4S2. The molecule has 34 heavy (non-hydrogen) atoms. The van der Waals surface area contributed by atoms with Gasteiger partial charge in [0, 0.05) is 5.69 Å². The highest BCUT2D eigenvalue weighted by Gasteiger charge is 2.24. The normalized spacial score (nSPS) is 12.0. The number of sulfonamides is 2. The van der Waals surface area contributed by atoms with Crippen LogP contribution >= 0.6 is 0 Å². The molecule has 0 aliphatic rings. The van der Waals surface area contributed by atoms with Crippen molar-refractivity contribution in [3.63, 3.8) is 0 Å². The van der Waals surface area contributed by atoms with Gasteiger partial charge in [-0.15, -0.1) is 0 Å². The molecule has 0 aliphatic heterocycles. The first-order chi connectivity index (χ1) is 15.7. The maximum Gasteiger partial charge on any atom is 0.262 e. The quantitative estimate of drug-likeness (QED) is 0.450. The molecule has 0 atom stereocenters. The average Bonchev–Trinajstić information content (AvgIpc) is 2.73. The lowest BCUT2D eigenvalue weighted by Gasteiger charge is -2.19. The van der Waals surface area contributed by atoms with Gasteiger partial charge in [-0.25, -0.2) is 16.8 Å². The van der Waals surface area contributed by atoms with Crippen LogP contribution in [0.5, 0.6) is 0 Å². The first-order valence-electron chi connectivity index (χ1n) is 11.0. The lowest BCUT2D eigenvalue weighted by Crippen LogP contribution is -2.18. The number of hydrogen-bond acceptors (Lipinski definition) is 4. The van der Waals surface area contributed by atoms with Crippen LogP contribution in [0.1, 0.15) is 44.5 Å². The second-order valence-corrected chi connectivity index (χ2v) is 12.3. The number of hydrogen-bond donors (Lipinski definition) is 2. The van der Waals surface area contributed by atoms with E-state index < -0.39 is 20.0 Å². The van der Waals surface area contributed by atoms with Gasteiger partial charge in [0.25, 0.3) is 20.0 Å². The zero-order valence-corrected chi connectivity index (χ0v) is 22.5. The molecule has 0 aliphatic carbocycles. The van der Waals surface area contributed by atoms with Gasteiger partial charge in [0.15, 0.2) is 0 Å². The van der Waals surface area contributed by atoms with E-state index in [-0.39, 0.29) is 15.5 Å². The fraction of sp³-hybridized carbons (Fsp3) is 0.308. The first-order valence-corrected chi connectivity index (χ1v) is 13.9. The van der Waals surface area contributed by atoms with Gasteiger partial charge in [-0.3, -0.25) is 9.44 Å². The minimum Gasteiger partial charge on any atom is -0.280 e. The van der Waals surface area contributed by atoms with Crippen molar-refractivity contribution in [3.05, 3.63) is 80.9 Å². The second kappa shape index (κ2) is 9.07. The molecule has 0 saturated heterocycles. The van der Waals surface area contributed by atoms with Crippen molar-refractivity contribution in [2.75, 3.05) is 9.44 Å². The Morgan fingerprint density at radius 1 is 0.559 bits per heavy atom. The van der Waals surface area contributed by atoms with Crippen molar-refractivity contribution in [2.24, 2.45) is 0 Å². The van der Waals surface area contributed by atoms with E-state index in [1.807, 2.05) is 53.7 Å². The Bertz CT molecular complexity index is 1440. The van der Waals surface area contributed by atoms with Crippen LogP contribution < -0.4 is 9.44 Å². The Balaban J connectivity index is 1.91. The van der Waals surface area contributed by atoms with Gasteiger partial charge in [-0.1, -0.05) is 17.7 Å². The summed E-state index contributed by atoms with van der Waals surface area (Å²) in [6.07, 6.45) is 0. The molecule has 0 heterocycles. The minimum absolute atomic E-state index is 0.0456. The molecule has 0 aromatic heterocycles. The molecule has 0 fully saturated rings. The van der Waals surface area contributed by atoms with Crippen LogP contribution in [0.15, 0.2) is 46.2 Å². The summed E-state index contributed by atoms with van der Waals surface area (Å²) in [6, 6.07) is 9.54. The largest absolute Gasteiger partial charge is 0.280 e. The van der Waals surface area contributed by atoms with E-state index in [0.717, 1.165) is 33.4 Å². The van der Waals surface area contributed by atoms with Crippen LogP contribution in [-0.2, 0) is 20.0 Å². The summed E-state index contributed by atoms with van der Waals surface area (Å²) in [5.41, 5.74) is 7.94. The maximum absolute atomic E-state index is 13.2. The molecule has 0 radical (unpaired) electrons. The summed E-state index contributed by atoms with van der Waals surface area (Å²) in [5.74, 6) is 0. The van der Waals surface area contributed by atoms with Gasteiger partial charge in [-0.2, -0.15) is 0 Å². The Hall–Kier alpha value is -2.84. The van der Waals surface area contributed by atoms with Gasteiger partial charge in [0.05, 0.1) is 15.5 Å².